The number of halogens is 1. The van der Waals surface area contributed by atoms with Crippen LogP contribution in [0.2, 0.25) is 0 Å². The molecule has 132 valence electrons. The van der Waals surface area contributed by atoms with Crippen LogP contribution in [-0.4, -0.2) is 32.7 Å². The molecular formula is C15H26ClN3O3S. The number of hydrogen-bond acceptors (Lipinski definition) is 4. The maximum Gasteiger partial charge on any atom is 0.224 e. The maximum atomic E-state index is 12.1. The minimum absolute atomic E-state index is 0. The Morgan fingerprint density at radius 3 is 2.26 bits per heavy atom. The Hall–Kier alpha value is -1.15. The number of carbonyl (C=O) groups excluding carboxylic acids is 1. The zero-order chi connectivity index (χ0) is 16.8. The second-order valence-corrected chi connectivity index (χ2v) is 7.48. The van der Waals surface area contributed by atoms with E-state index in [4.69, 9.17) is 5.73 Å². The van der Waals surface area contributed by atoms with Crippen molar-refractivity contribution in [1.29, 1.82) is 0 Å². The van der Waals surface area contributed by atoms with Crippen LogP contribution in [0.4, 0.5) is 0 Å². The van der Waals surface area contributed by atoms with Crippen LogP contribution in [0, 0.1) is 5.92 Å². The minimum atomic E-state index is -3.37. The van der Waals surface area contributed by atoms with E-state index in [0.717, 1.165) is 5.56 Å². The van der Waals surface area contributed by atoms with Crippen molar-refractivity contribution in [2.24, 2.45) is 11.7 Å². The maximum absolute atomic E-state index is 12.1. The van der Waals surface area contributed by atoms with E-state index < -0.39 is 22.0 Å². The Morgan fingerprint density at radius 2 is 1.74 bits per heavy atom. The van der Waals surface area contributed by atoms with E-state index in [1.54, 1.807) is 20.8 Å². The molecule has 0 radical (unpaired) electrons. The molecule has 0 fully saturated rings. The molecule has 0 saturated heterocycles. The highest BCUT2D eigenvalue weighted by Crippen LogP contribution is 2.18. The smallest absolute Gasteiger partial charge is 0.224 e. The third kappa shape index (κ3) is 7.78. The number of rotatable bonds is 8. The topological polar surface area (TPSA) is 101 Å². The van der Waals surface area contributed by atoms with Gasteiger partial charge in [0.05, 0.1) is 11.7 Å². The van der Waals surface area contributed by atoms with Gasteiger partial charge in [0.1, 0.15) is 0 Å². The highest BCUT2D eigenvalue weighted by atomic mass is 35.5. The first-order valence-corrected chi connectivity index (χ1v) is 8.96. The monoisotopic (exact) mass is 363 g/mol. The molecule has 6 nitrogen and oxygen atoms in total. The lowest BCUT2D eigenvalue weighted by Crippen LogP contribution is -2.40. The highest BCUT2D eigenvalue weighted by molar-refractivity contribution is 7.89. The normalized spacial score (nSPS) is 14.0. The lowest BCUT2D eigenvalue weighted by molar-refractivity contribution is -0.125. The van der Waals surface area contributed by atoms with Gasteiger partial charge in [-0.15, -0.1) is 12.4 Å². The largest absolute Gasteiger partial charge is 0.355 e. The first kappa shape index (κ1) is 21.9. The van der Waals surface area contributed by atoms with E-state index in [2.05, 4.69) is 10.0 Å². The fourth-order valence-corrected chi connectivity index (χ4v) is 3.22. The molecule has 2 unspecified atom stereocenters. The van der Waals surface area contributed by atoms with E-state index in [0.29, 0.717) is 0 Å². The minimum Gasteiger partial charge on any atom is -0.355 e. The molecule has 0 aliphatic heterocycles. The molecule has 1 aromatic rings. The van der Waals surface area contributed by atoms with Gasteiger partial charge in [0.2, 0.25) is 15.9 Å². The van der Waals surface area contributed by atoms with E-state index in [-0.39, 0.29) is 36.7 Å². The summed E-state index contributed by atoms with van der Waals surface area (Å²) in [4.78, 5) is 12.1. The van der Waals surface area contributed by atoms with Gasteiger partial charge in [-0.2, -0.15) is 0 Å². The van der Waals surface area contributed by atoms with Crippen LogP contribution < -0.4 is 15.8 Å². The second-order valence-electron chi connectivity index (χ2n) is 5.61. The van der Waals surface area contributed by atoms with Crippen molar-refractivity contribution in [2.45, 2.75) is 32.9 Å². The molecular weight excluding hydrogens is 338 g/mol. The van der Waals surface area contributed by atoms with Crippen LogP contribution in [-0.2, 0) is 14.8 Å². The van der Waals surface area contributed by atoms with E-state index in [1.165, 1.54) is 0 Å². The van der Waals surface area contributed by atoms with Crippen LogP contribution in [0.1, 0.15) is 32.4 Å². The standard InChI is InChI=1S/C15H25N3O3S.ClH/c1-11(2)18-22(20,21)10-9-17-15(19)12(3)14(16)13-7-5-4-6-8-13;/h4-8,11-12,14,18H,9-10,16H2,1-3H3,(H,17,19);1H. The third-order valence-corrected chi connectivity index (χ3v) is 4.79. The molecule has 4 N–H and O–H groups in total. The van der Waals surface area contributed by atoms with Crippen molar-refractivity contribution in [1.82, 2.24) is 10.0 Å². The zero-order valence-electron chi connectivity index (χ0n) is 13.7. The summed E-state index contributed by atoms with van der Waals surface area (Å²) in [6.45, 7) is 5.29. The molecule has 2 atom stereocenters. The van der Waals surface area contributed by atoms with Crippen LogP contribution in [0.5, 0.6) is 0 Å². The van der Waals surface area contributed by atoms with Gasteiger partial charge in [-0.1, -0.05) is 37.3 Å². The molecule has 23 heavy (non-hydrogen) atoms. The number of sulfonamides is 1. The number of benzene rings is 1. The summed E-state index contributed by atoms with van der Waals surface area (Å²) in [5.41, 5.74) is 6.95. The Bertz CT molecular complexity index is 579. The van der Waals surface area contributed by atoms with Gasteiger partial charge in [0.15, 0.2) is 0 Å². The predicted octanol–water partition coefficient (Wildman–Crippen LogP) is 1.19. The average molecular weight is 364 g/mol. The van der Waals surface area contributed by atoms with Gasteiger partial charge < -0.3 is 11.1 Å². The summed E-state index contributed by atoms with van der Waals surface area (Å²) in [6.07, 6.45) is 0. The van der Waals surface area contributed by atoms with Crippen LogP contribution in [0.25, 0.3) is 0 Å². The molecule has 1 aromatic carbocycles. The van der Waals surface area contributed by atoms with E-state index in [1.807, 2.05) is 30.3 Å². The average Bonchev–Trinajstić information content (AvgIpc) is 2.44. The SMILES string of the molecule is CC(C)NS(=O)(=O)CCNC(=O)C(C)C(N)c1ccccc1.Cl. The number of nitrogens with one attached hydrogen (secondary N) is 2. The molecule has 0 heterocycles. The molecule has 8 heteroatoms. The number of nitrogens with two attached hydrogens (primary N) is 1. The first-order chi connectivity index (χ1) is 10.2. The fraction of sp³-hybridized carbons (Fsp3) is 0.533. The van der Waals surface area contributed by atoms with Gasteiger partial charge in [0.25, 0.3) is 0 Å². The van der Waals surface area contributed by atoms with Crippen molar-refractivity contribution in [2.75, 3.05) is 12.3 Å². The summed E-state index contributed by atoms with van der Waals surface area (Å²) < 4.78 is 25.8. The van der Waals surface area contributed by atoms with E-state index in [9.17, 15) is 13.2 Å². The van der Waals surface area contributed by atoms with Gasteiger partial charge in [0, 0.05) is 18.6 Å². The van der Waals surface area contributed by atoms with E-state index >= 15 is 0 Å². The van der Waals surface area contributed by atoms with Crippen molar-refractivity contribution < 1.29 is 13.2 Å². The fourth-order valence-electron chi connectivity index (χ4n) is 2.01. The number of carbonyl (C=O) groups is 1. The Morgan fingerprint density at radius 1 is 1.17 bits per heavy atom. The lowest BCUT2D eigenvalue weighted by Gasteiger charge is -2.20. The first-order valence-electron chi connectivity index (χ1n) is 7.31. The zero-order valence-corrected chi connectivity index (χ0v) is 15.3. The van der Waals surface area contributed by atoms with Gasteiger partial charge >= 0.3 is 0 Å². The van der Waals surface area contributed by atoms with Crippen molar-refractivity contribution in [3.8, 4) is 0 Å². The van der Waals surface area contributed by atoms with Gasteiger partial charge in [-0.3, -0.25) is 4.79 Å². The predicted molar refractivity (Wildman–Crippen MR) is 94.9 cm³/mol. The Kier molecular flexibility index (Phi) is 9.38. The summed E-state index contributed by atoms with van der Waals surface area (Å²) >= 11 is 0. The second kappa shape index (κ2) is 9.87. The molecule has 0 aliphatic rings. The quantitative estimate of drug-likeness (QED) is 0.645. The summed E-state index contributed by atoms with van der Waals surface area (Å²) in [5, 5.41) is 2.62. The van der Waals surface area contributed by atoms with Crippen molar-refractivity contribution >= 4 is 28.3 Å². The molecule has 0 aromatic heterocycles. The van der Waals surface area contributed by atoms with Crippen LogP contribution >= 0.6 is 12.4 Å². The summed E-state index contributed by atoms with van der Waals surface area (Å²) in [6, 6.07) is 8.76. The van der Waals surface area contributed by atoms with Gasteiger partial charge in [-0.25, -0.2) is 13.1 Å². The van der Waals surface area contributed by atoms with Gasteiger partial charge in [-0.05, 0) is 19.4 Å². The Labute approximate surface area is 144 Å². The molecule has 1 amide bonds. The number of hydrogen-bond donors (Lipinski definition) is 3. The summed E-state index contributed by atoms with van der Waals surface area (Å²) in [5.74, 6) is -0.844. The van der Waals surface area contributed by atoms with Crippen molar-refractivity contribution in [3.05, 3.63) is 35.9 Å². The Balaban J connectivity index is 0.00000484. The lowest BCUT2D eigenvalue weighted by atomic mass is 9.95. The highest BCUT2D eigenvalue weighted by Gasteiger charge is 2.22. The molecule has 0 spiro atoms. The molecule has 0 aliphatic carbocycles. The van der Waals surface area contributed by atoms with Crippen LogP contribution in [0.15, 0.2) is 30.3 Å². The van der Waals surface area contributed by atoms with Crippen LogP contribution in [0.3, 0.4) is 0 Å². The molecule has 1 rings (SSSR count). The third-order valence-electron chi connectivity index (χ3n) is 3.22. The molecule has 0 saturated carbocycles. The summed E-state index contributed by atoms with van der Waals surface area (Å²) in [7, 11) is -3.37. The van der Waals surface area contributed by atoms with Crippen molar-refractivity contribution in [3.63, 3.8) is 0 Å². The number of amides is 1. The molecule has 0 bridgehead atoms.